The molecular weight excluding hydrogens is 290 g/mol. The third-order valence-corrected chi connectivity index (χ3v) is 3.48. The fourth-order valence-corrected chi connectivity index (χ4v) is 2.27. The van der Waals surface area contributed by atoms with Crippen LogP contribution in [0.25, 0.3) is 11.5 Å². The quantitative estimate of drug-likeness (QED) is 0.661. The maximum Gasteiger partial charge on any atom is 0.338 e. The average Bonchev–Trinajstić information content (AvgIpc) is 3.04. The molecule has 23 heavy (non-hydrogen) atoms. The molecule has 0 spiro atoms. The van der Waals surface area contributed by atoms with Gasteiger partial charge in [0.15, 0.2) is 12.4 Å². The van der Waals surface area contributed by atoms with Gasteiger partial charge in [0.2, 0.25) is 5.89 Å². The van der Waals surface area contributed by atoms with Gasteiger partial charge in [-0.25, -0.2) is 9.78 Å². The van der Waals surface area contributed by atoms with Gasteiger partial charge in [-0.2, -0.15) is 0 Å². The summed E-state index contributed by atoms with van der Waals surface area (Å²) in [4.78, 5) is 16.5. The Bertz CT molecular complexity index is 779. The summed E-state index contributed by atoms with van der Waals surface area (Å²) in [5, 5.41) is 0. The first kappa shape index (κ1) is 15.0. The summed E-state index contributed by atoms with van der Waals surface area (Å²) in [5.74, 6) is 0.772. The van der Waals surface area contributed by atoms with Crippen LogP contribution in [0.15, 0.2) is 65.1 Å². The van der Waals surface area contributed by atoms with Crippen molar-refractivity contribution in [2.75, 3.05) is 0 Å². The number of nitrogens with zero attached hydrogens (tertiary/aromatic N) is 1. The smallest absolute Gasteiger partial charge is 0.338 e. The minimum Gasteiger partial charge on any atom is -0.454 e. The number of aromatic nitrogens is 1. The molecule has 2 aromatic carbocycles. The highest BCUT2D eigenvalue weighted by molar-refractivity contribution is 5.89. The Morgan fingerprint density at radius 2 is 1.70 bits per heavy atom. The predicted octanol–water partition coefficient (Wildman–Crippen LogP) is 4.26. The SMILES string of the molecule is CCc1nc(-c2ccccc2)oc1COC(=O)c1ccccc1. The van der Waals surface area contributed by atoms with Crippen molar-refractivity contribution in [1.82, 2.24) is 4.98 Å². The molecule has 0 saturated carbocycles. The zero-order valence-corrected chi connectivity index (χ0v) is 12.9. The van der Waals surface area contributed by atoms with Gasteiger partial charge in [-0.15, -0.1) is 0 Å². The third-order valence-electron chi connectivity index (χ3n) is 3.48. The van der Waals surface area contributed by atoms with Crippen LogP contribution in [0, 0.1) is 0 Å². The second kappa shape index (κ2) is 6.92. The van der Waals surface area contributed by atoms with Gasteiger partial charge in [0.1, 0.15) is 0 Å². The van der Waals surface area contributed by atoms with Gasteiger partial charge in [0, 0.05) is 5.56 Å². The van der Waals surface area contributed by atoms with Crippen molar-refractivity contribution in [1.29, 1.82) is 0 Å². The van der Waals surface area contributed by atoms with Crippen LogP contribution in [0.4, 0.5) is 0 Å². The lowest BCUT2D eigenvalue weighted by Crippen LogP contribution is -2.05. The summed E-state index contributed by atoms with van der Waals surface area (Å²) in [6.45, 7) is 2.08. The first-order valence-electron chi connectivity index (χ1n) is 7.54. The van der Waals surface area contributed by atoms with Crippen molar-refractivity contribution < 1.29 is 13.9 Å². The maximum atomic E-state index is 12.0. The Morgan fingerprint density at radius 3 is 2.35 bits per heavy atom. The van der Waals surface area contributed by atoms with Crippen LogP contribution < -0.4 is 0 Å². The minimum absolute atomic E-state index is 0.0801. The highest BCUT2D eigenvalue weighted by Crippen LogP contribution is 2.23. The fraction of sp³-hybridized carbons (Fsp3) is 0.158. The second-order valence-corrected chi connectivity index (χ2v) is 5.05. The first-order chi connectivity index (χ1) is 11.3. The third kappa shape index (κ3) is 3.48. The van der Waals surface area contributed by atoms with Gasteiger partial charge >= 0.3 is 5.97 Å². The molecule has 0 N–H and O–H groups in total. The van der Waals surface area contributed by atoms with Crippen LogP contribution in [0.5, 0.6) is 0 Å². The number of oxazole rings is 1. The molecule has 116 valence electrons. The van der Waals surface area contributed by atoms with Gasteiger partial charge in [-0.05, 0) is 30.7 Å². The van der Waals surface area contributed by atoms with Crippen molar-refractivity contribution in [3.8, 4) is 11.5 Å². The van der Waals surface area contributed by atoms with Crippen LogP contribution in [-0.4, -0.2) is 11.0 Å². The summed E-state index contributed by atoms with van der Waals surface area (Å²) in [7, 11) is 0. The Morgan fingerprint density at radius 1 is 1.04 bits per heavy atom. The number of rotatable bonds is 5. The molecule has 0 saturated heterocycles. The lowest BCUT2D eigenvalue weighted by Gasteiger charge is -2.03. The number of esters is 1. The van der Waals surface area contributed by atoms with Crippen molar-refractivity contribution >= 4 is 5.97 Å². The monoisotopic (exact) mass is 307 g/mol. The number of hydrogen-bond donors (Lipinski definition) is 0. The standard InChI is InChI=1S/C19H17NO3/c1-2-16-17(13-22-19(21)15-11-7-4-8-12-15)23-18(20-16)14-9-5-3-6-10-14/h3-12H,2,13H2,1H3. The highest BCUT2D eigenvalue weighted by atomic mass is 16.5. The number of carbonyl (C=O) groups is 1. The van der Waals surface area contributed by atoms with Crippen LogP contribution in [-0.2, 0) is 17.8 Å². The van der Waals surface area contributed by atoms with E-state index in [1.807, 2.05) is 43.3 Å². The Kier molecular flexibility index (Phi) is 4.52. The summed E-state index contributed by atoms with van der Waals surface area (Å²) < 4.78 is 11.1. The molecule has 0 fully saturated rings. The summed E-state index contributed by atoms with van der Waals surface area (Å²) in [6.07, 6.45) is 0.717. The van der Waals surface area contributed by atoms with E-state index in [4.69, 9.17) is 9.15 Å². The fourth-order valence-electron chi connectivity index (χ4n) is 2.27. The van der Waals surface area contributed by atoms with Crippen LogP contribution >= 0.6 is 0 Å². The summed E-state index contributed by atoms with van der Waals surface area (Å²) >= 11 is 0. The Balaban J connectivity index is 1.75. The van der Waals surface area contributed by atoms with Gasteiger partial charge in [-0.1, -0.05) is 43.3 Å². The van der Waals surface area contributed by atoms with Crippen molar-refractivity contribution in [3.05, 3.63) is 77.7 Å². The number of hydrogen-bond acceptors (Lipinski definition) is 4. The molecule has 1 heterocycles. The molecule has 0 aliphatic heterocycles. The topological polar surface area (TPSA) is 52.3 Å². The summed E-state index contributed by atoms with van der Waals surface area (Å²) in [5.41, 5.74) is 2.24. The molecule has 0 aliphatic carbocycles. The second-order valence-electron chi connectivity index (χ2n) is 5.05. The van der Waals surface area contributed by atoms with Gasteiger partial charge in [0.05, 0.1) is 11.3 Å². The number of carbonyl (C=O) groups excluding carboxylic acids is 1. The van der Waals surface area contributed by atoms with E-state index in [1.54, 1.807) is 24.3 Å². The highest BCUT2D eigenvalue weighted by Gasteiger charge is 2.15. The Labute approximate surface area is 134 Å². The van der Waals surface area contributed by atoms with Gasteiger partial charge < -0.3 is 9.15 Å². The van der Waals surface area contributed by atoms with E-state index < -0.39 is 0 Å². The van der Waals surface area contributed by atoms with Crippen LogP contribution in [0.2, 0.25) is 0 Å². The molecule has 0 atom stereocenters. The van der Waals surface area contributed by atoms with Crippen LogP contribution in [0.3, 0.4) is 0 Å². The van der Waals surface area contributed by atoms with E-state index in [0.29, 0.717) is 23.6 Å². The Hall–Kier alpha value is -2.88. The normalized spacial score (nSPS) is 10.5. The molecule has 4 heteroatoms. The van der Waals surface area contributed by atoms with Crippen LogP contribution in [0.1, 0.15) is 28.7 Å². The zero-order chi connectivity index (χ0) is 16.1. The molecule has 0 unspecified atom stereocenters. The maximum absolute atomic E-state index is 12.0. The number of aryl methyl sites for hydroxylation is 1. The number of ether oxygens (including phenoxy) is 1. The lowest BCUT2D eigenvalue weighted by atomic mass is 10.2. The first-order valence-corrected chi connectivity index (χ1v) is 7.54. The van der Waals surface area contributed by atoms with E-state index in [-0.39, 0.29) is 12.6 Å². The average molecular weight is 307 g/mol. The van der Waals surface area contributed by atoms with E-state index in [1.165, 1.54) is 0 Å². The van der Waals surface area contributed by atoms with E-state index >= 15 is 0 Å². The van der Waals surface area contributed by atoms with E-state index in [0.717, 1.165) is 11.3 Å². The molecule has 3 aromatic rings. The minimum atomic E-state index is -0.370. The molecule has 0 aliphatic rings. The molecule has 4 nitrogen and oxygen atoms in total. The van der Waals surface area contributed by atoms with Crippen molar-refractivity contribution in [3.63, 3.8) is 0 Å². The van der Waals surface area contributed by atoms with E-state index in [2.05, 4.69) is 4.98 Å². The molecule has 0 bridgehead atoms. The van der Waals surface area contributed by atoms with Crippen molar-refractivity contribution in [2.45, 2.75) is 20.0 Å². The van der Waals surface area contributed by atoms with Crippen molar-refractivity contribution in [2.24, 2.45) is 0 Å². The number of benzene rings is 2. The largest absolute Gasteiger partial charge is 0.454 e. The molecular formula is C19H17NO3. The molecule has 0 radical (unpaired) electrons. The predicted molar refractivity (Wildman–Crippen MR) is 86.9 cm³/mol. The molecule has 1 aromatic heterocycles. The lowest BCUT2D eigenvalue weighted by molar-refractivity contribution is 0.0445. The van der Waals surface area contributed by atoms with E-state index in [9.17, 15) is 4.79 Å². The summed E-state index contributed by atoms with van der Waals surface area (Å²) in [6, 6.07) is 18.6. The zero-order valence-electron chi connectivity index (χ0n) is 12.9. The van der Waals surface area contributed by atoms with Gasteiger partial charge in [0.25, 0.3) is 0 Å². The van der Waals surface area contributed by atoms with Gasteiger partial charge in [-0.3, -0.25) is 0 Å². The molecule has 0 amide bonds. The molecule has 3 rings (SSSR count).